The van der Waals surface area contributed by atoms with E-state index in [-0.39, 0.29) is 12.1 Å². The number of carbonyl (C=O) groups is 2. The molecule has 0 bridgehead atoms. The summed E-state index contributed by atoms with van der Waals surface area (Å²) in [7, 11) is 0. The van der Waals surface area contributed by atoms with Crippen LogP contribution in [0.5, 0.6) is 0 Å². The number of hydrogen-bond donors (Lipinski definition) is 2. The number of esters is 1. The molecule has 0 aromatic heterocycles. The Hall–Kier alpha value is -1.72. The largest absolute Gasteiger partial charge is 0.459 e. The van der Waals surface area contributed by atoms with Crippen LogP contribution in [0.3, 0.4) is 0 Å². The molecule has 3 rings (SSSR count). The van der Waals surface area contributed by atoms with Crippen molar-refractivity contribution in [3.8, 4) is 0 Å². The fraction of sp³-hybridized carbons (Fsp3) is 0.500. The molecule has 0 unspecified atom stereocenters. The summed E-state index contributed by atoms with van der Waals surface area (Å²) in [4.78, 5) is 25.0. The maximum atomic E-state index is 13.0. The Kier molecular flexibility index (Phi) is 6.02. The minimum absolute atomic E-state index is 0.101. The van der Waals surface area contributed by atoms with E-state index in [1.807, 2.05) is 0 Å². The third-order valence-electron chi connectivity index (χ3n) is 5.59. The molecule has 2 aliphatic rings. The highest BCUT2D eigenvalue weighted by Gasteiger charge is 2.35. The number of hydrogen-bond acceptors (Lipinski definition) is 3. The second-order valence-corrected chi connectivity index (χ2v) is 8.35. The first-order valence-electron chi connectivity index (χ1n) is 9.20. The van der Waals surface area contributed by atoms with Crippen LogP contribution in [-0.2, 0) is 9.53 Å². The van der Waals surface area contributed by atoms with Gasteiger partial charge in [-0.3, -0.25) is 0 Å². The van der Waals surface area contributed by atoms with Gasteiger partial charge in [-0.1, -0.05) is 43.1 Å². The van der Waals surface area contributed by atoms with Crippen molar-refractivity contribution in [3.63, 3.8) is 0 Å². The summed E-state index contributed by atoms with van der Waals surface area (Å²) < 4.78 is 5.81. The maximum Gasteiger partial charge on any atom is 0.338 e. The van der Waals surface area contributed by atoms with E-state index in [2.05, 4.69) is 24.5 Å². The Bertz CT molecular complexity index is 793. The highest BCUT2D eigenvalue weighted by molar-refractivity contribution is 6.42. The molecule has 1 fully saturated rings. The molecule has 27 heavy (non-hydrogen) atoms. The molecule has 4 atom stereocenters. The van der Waals surface area contributed by atoms with Crippen molar-refractivity contribution in [3.05, 3.63) is 45.1 Å². The van der Waals surface area contributed by atoms with E-state index in [0.29, 0.717) is 38.7 Å². The molecule has 1 aliphatic carbocycles. The first kappa shape index (κ1) is 20.0. The summed E-state index contributed by atoms with van der Waals surface area (Å²) in [5.41, 5.74) is 1.55. The number of carbonyl (C=O) groups excluding carboxylic acids is 2. The zero-order valence-corrected chi connectivity index (χ0v) is 17.2. The van der Waals surface area contributed by atoms with Crippen molar-refractivity contribution in [1.29, 1.82) is 0 Å². The second kappa shape index (κ2) is 8.11. The Morgan fingerprint density at radius 2 is 1.89 bits per heavy atom. The van der Waals surface area contributed by atoms with Crippen LogP contribution in [-0.4, -0.2) is 18.1 Å². The number of halogens is 2. The average molecular weight is 411 g/mol. The van der Waals surface area contributed by atoms with Crippen LogP contribution < -0.4 is 10.6 Å². The molecule has 146 valence electrons. The van der Waals surface area contributed by atoms with Crippen LogP contribution in [0.25, 0.3) is 0 Å². The molecule has 1 aromatic carbocycles. The van der Waals surface area contributed by atoms with E-state index in [1.165, 1.54) is 0 Å². The maximum absolute atomic E-state index is 13.0. The fourth-order valence-electron chi connectivity index (χ4n) is 3.73. The van der Waals surface area contributed by atoms with Gasteiger partial charge in [0.15, 0.2) is 0 Å². The molecule has 2 N–H and O–H groups in total. The number of allylic oxidation sites excluding steroid dienone is 1. The van der Waals surface area contributed by atoms with Crippen molar-refractivity contribution >= 4 is 35.2 Å². The van der Waals surface area contributed by atoms with Crippen LogP contribution in [0.2, 0.25) is 10.0 Å². The molecule has 1 heterocycles. The van der Waals surface area contributed by atoms with Gasteiger partial charge in [0.25, 0.3) is 0 Å². The SMILES string of the molecule is CC1=C(C(=O)O[C@@H]2CC[C@H](C)[C@@H](C)C2)[C@@H](c2ccc(Cl)c(Cl)c2)NC(=O)N1. The van der Waals surface area contributed by atoms with E-state index in [1.54, 1.807) is 25.1 Å². The van der Waals surface area contributed by atoms with Crippen molar-refractivity contribution in [2.75, 3.05) is 0 Å². The quantitative estimate of drug-likeness (QED) is 0.689. The van der Waals surface area contributed by atoms with Gasteiger partial charge in [-0.25, -0.2) is 9.59 Å². The average Bonchev–Trinajstić information content (AvgIpc) is 2.59. The molecule has 1 saturated carbocycles. The van der Waals surface area contributed by atoms with E-state index in [9.17, 15) is 9.59 Å². The molecule has 2 amide bonds. The van der Waals surface area contributed by atoms with Crippen molar-refractivity contribution < 1.29 is 14.3 Å². The zero-order valence-electron chi connectivity index (χ0n) is 15.6. The topological polar surface area (TPSA) is 67.4 Å². The predicted molar refractivity (Wildman–Crippen MR) is 106 cm³/mol. The Balaban J connectivity index is 1.85. The highest BCUT2D eigenvalue weighted by Crippen LogP contribution is 2.34. The lowest BCUT2D eigenvalue weighted by molar-refractivity contribution is -0.147. The molecule has 0 saturated heterocycles. The first-order chi connectivity index (χ1) is 12.8. The molecule has 7 heteroatoms. The van der Waals surface area contributed by atoms with Crippen LogP contribution in [0, 0.1) is 11.8 Å². The summed E-state index contributed by atoms with van der Waals surface area (Å²) >= 11 is 12.1. The van der Waals surface area contributed by atoms with Gasteiger partial charge < -0.3 is 15.4 Å². The van der Waals surface area contributed by atoms with Gasteiger partial charge in [-0.2, -0.15) is 0 Å². The molecule has 1 aromatic rings. The van der Waals surface area contributed by atoms with Crippen molar-refractivity contribution in [2.45, 2.75) is 52.2 Å². The molecular weight excluding hydrogens is 387 g/mol. The lowest BCUT2D eigenvalue weighted by Gasteiger charge is -2.33. The minimum Gasteiger partial charge on any atom is -0.459 e. The third-order valence-corrected chi connectivity index (χ3v) is 6.33. The van der Waals surface area contributed by atoms with Gasteiger partial charge in [0.05, 0.1) is 21.7 Å². The minimum atomic E-state index is -0.638. The van der Waals surface area contributed by atoms with E-state index in [4.69, 9.17) is 27.9 Å². The predicted octanol–water partition coefficient (Wildman–Crippen LogP) is 4.99. The van der Waals surface area contributed by atoms with Crippen LogP contribution in [0.1, 0.15) is 51.6 Å². The Morgan fingerprint density at radius 1 is 1.15 bits per heavy atom. The van der Waals surface area contributed by atoms with Gasteiger partial charge in [-0.15, -0.1) is 0 Å². The molecule has 5 nitrogen and oxygen atoms in total. The molecule has 1 aliphatic heterocycles. The van der Waals surface area contributed by atoms with Crippen molar-refractivity contribution in [1.82, 2.24) is 10.6 Å². The number of rotatable bonds is 3. The van der Waals surface area contributed by atoms with E-state index < -0.39 is 12.0 Å². The monoisotopic (exact) mass is 410 g/mol. The fourth-order valence-corrected chi connectivity index (χ4v) is 4.03. The van der Waals surface area contributed by atoms with Gasteiger partial charge in [0.2, 0.25) is 0 Å². The summed E-state index contributed by atoms with van der Waals surface area (Å²) in [5.74, 6) is 0.741. The lowest BCUT2D eigenvalue weighted by Crippen LogP contribution is -2.45. The summed E-state index contributed by atoms with van der Waals surface area (Å²) in [6.07, 6.45) is 2.66. The normalized spacial score (nSPS) is 28.4. The third kappa shape index (κ3) is 4.41. The number of urea groups is 1. The lowest BCUT2D eigenvalue weighted by atomic mass is 9.80. The summed E-state index contributed by atoms with van der Waals surface area (Å²) in [6, 6.07) is 4.04. The summed E-state index contributed by atoms with van der Waals surface area (Å²) in [6.45, 7) is 6.12. The standard InChI is InChI=1S/C20H24Cl2N2O3/c1-10-4-6-14(8-11(10)2)27-19(25)17-12(3)23-20(26)24-18(17)13-5-7-15(21)16(22)9-13/h5,7,9-11,14,18H,4,6,8H2,1-3H3,(H2,23,24,26)/t10-,11-,14+,18+/m0/s1. The van der Waals surface area contributed by atoms with E-state index in [0.717, 1.165) is 19.3 Å². The summed E-state index contributed by atoms with van der Waals surface area (Å²) in [5, 5.41) is 6.22. The van der Waals surface area contributed by atoms with Crippen LogP contribution in [0.15, 0.2) is 29.5 Å². The van der Waals surface area contributed by atoms with Crippen LogP contribution >= 0.6 is 23.2 Å². The molecule has 0 radical (unpaired) electrons. The number of amides is 2. The molecular formula is C20H24Cl2N2O3. The van der Waals surface area contributed by atoms with Crippen molar-refractivity contribution in [2.24, 2.45) is 11.8 Å². The number of ether oxygens (including phenoxy) is 1. The van der Waals surface area contributed by atoms with Gasteiger partial charge in [0.1, 0.15) is 6.10 Å². The number of nitrogens with one attached hydrogen (secondary N) is 2. The Morgan fingerprint density at radius 3 is 2.56 bits per heavy atom. The van der Waals surface area contributed by atoms with Gasteiger partial charge in [-0.05, 0) is 55.7 Å². The highest BCUT2D eigenvalue weighted by atomic mass is 35.5. The molecule has 0 spiro atoms. The number of benzene rings is 1. The van der Waals surface area contributed by atoms with Gasteiger partial charge >= 0.3 is 12.0 Å². The van der Waals surface area contributed by atoms with Crippen LogP contribution in [0.4, 0.5) is 4.79 Å². The van der Waals surface area contributed by atoms with E-state index >= 15 is 0 Å². The Labute approximate surface area is 169 Å². The van der Waals surface area contributed by atoms with Gasteiger partial charge in [0, 0.05) is 5.70 Å². The first-order valence-corrected chi connectivity index (χ1v) is 9.96. The zero-order chi connectivity index (χ0) is 19.7. The smallest absolute Gasteiger partial charge is 0.338 e. The second-order valence-electron chi connectivity index (χ2n) is 7.54.